The molecule has 1 aromatic rings. The Labute approximate surface area is 110 Å². The molecule has 0 aliphatic heterocycles. The summed E-state index contributed by atoms with van der Waals surface area (Å²) in [6.07, 6.45) is 3.42. The van der Waals surface area contributed by atoms with E-state index < -0.39 is 0 Å². The second-order valence-corrected chi connectivity index (χ2v) is 5.93. The van der Waals surface area contributed by atoms with E-state index in [0.717, 1.165) is 24.9 Å². The van der Waals surface area contributed by atoms with Gasteiger partial charge in [-0.05, 0) is 51.6 Å². The van der Waals surface area contributed by atoms with Crippen LogP contribution in [0.2, 0.25) is 0 Å². The molecular formula is C14H26N2S. The third-order valence-corrected chi connectivity index (χ3v) is 4.48. The van der Waals surface area contributed by atoms with Gasteiger partial charge in [0, 0.05) is 29.7 Å². The first-order valence-electron chi connectivity index (χ1n) is 6.49. The van der Waals surface area contributed by atoms with Gasteiger partial charge in [0.05, 0.1) is 0 Å². The molecule has 98 valence electrons. The lowest BCUT2D eigenvalue weighted by molar-refractivity contribution is 0.641. The predicted octanol–water partition coefficient (Wildman–Crippen LogP) is 3.36. The van der Waals surface area contributed by atoms with Gasteiger partial charge < -0.3 is 9.88 Å². The van der Waals surface area contributed by atoms with Gasteiger partial charge >= 0.3 is 0 Å². The lowest BCUT2D eigenvalue weighted by atomic mass is 10.2. The molecule has 1 aromatic heterocycles. The third kappa shape index (κ3) is 4.07. The van der Waals surface area contributed by atoms with Gasteiger partial charge in [-0.15, -0.1) is 0 Å². The average Bonchev–Trinajstić information content (AvgIpc) is 2.59. The SMILES string of the molecule is CCn1c(C)cc(CNCCC(C)SC)c1C. The summed E-state index contributed by atoms with van der Waals surface area (Å²) in [5.74, 6) is 0. The van der Waals surface area contributed by atoms with E-state index in [1.54, 1.807) is 0 Å². The normalized spacial score (nSPS) is 13.0. The van der Waals surface area contributed by atoms with Crippen LogP contribution in [0.5, 0.6) is 0 Å². The topological polar surface area (TPSA) is 17.0 Å². The Kier molecular flexibility index (Phi) is 6.14. The molecule has 0 aromatic carbocycles. The van der Waals surface area contributed by atoms with Crippen LogP contribution in [-0.2, 0) is 13.1 Å². The van der Waals surface area contributed by atoms with Gasteiger partial charge in [0.2, 0.25) is 0 Å². The molecular weight excluding hydrogens is 228 g/mol. The largest absolute Gasteiger partial charge is 0.349 e. The molecule has 0 bridgehead atoms. The Balaban J connectivity index is 2.42. The van der Waals surface area contributed by atoms with Crippen molar-refractivity contribution in [3.05, 3.63) is 23.0 Å². The number of aryl methyl sites for hydroxylation is 1. The van der Waals surface area contributed by atoms with E-state index in [1.165, 1.54) is 23.4 Å². The highest BCUT2D eigenvalue weighted by atomic mass is 32.2. The van der Waals surface area contributed by atoms with Gasteiger partial charge in [-0.25, -0.2) is 0 Å². The van der Waals surface area contributed by atoms with E-state index in [-0.39, 0.29) is 0 Å². The van der Waals surface area contributed by atoms with E-state index in [1.807, 2.05) is 11.8 Å². The van der Waals surface area contributed by atoms with Crippen LogP contribution < -0.4 is 5.32 Å². The number of hydrogen-bond donors (Lipinski definition) is 1. The fourth-order valence-electron chi connectivity index (χ4n) is 2.18. The van der Waals surface area contributed by atoms with Gasteiger partial charge in [0.25, 0.3) is 0 Å². The summed E-state index contributed by atoms with van der Waals surface area (Å²) in [6.45, 7) is 12.1. The highest BCUT2D eigenvalue weighted by Gasteiger charge is 2.07. The first-order chi connectivity index (χ1) is 8.10. The van der Waals surface area contributed by atoms with Crippen LogP contribution in [0.25, 0.3) is 0 Å². The fourth-order valence-corrected chi connectivity index (χ4v) is 2.54. The zero-order chi connectivity index (χ0) is 12.8. The molecule has 0 radical (unpaired) electrons. The summed E-state index contributed by atoms with van der Waals surface area (Å²) in [4.78, 5) is 0. The molecule has 1 unspecified atom stereocenters. The molecule has 0 spiro atoms. The fraction of sp³-hybridized carbons (Fsp3) is 0.714. The monoisotopic (exact) mass is 254 g/mol. The van der Waals surface area contributed by atoms with Crippen LogP contribution in [-0.4, -0.2) is 22.6 Å². The summed E-state index contributed by atoms with van der Waals surface area (Å²) in [5, 5.41) is 4.30. The molecule has 0 fully saturated rings. The number of aromatic nitrogens is 1. The molecule has 0 saturated heterocycles. The zero-order valence-corrected chi connectivity index (χ0v) is 12.7. The minimum atomic E-state index is 0.755. The van der Waals surface area contributed by atoms with Gasteiger partial charge in [-0.3, -0.25) is 0 Å². The van der Waals surface area contributed by atoms with E-state index in [0.29, 0.717) is 0 Å². The van der Waals surface area contributed by atoms with Crippen molar-refractivity contribution in [3.63, 3.8) is 0 Å². The van der Waals surface area contributed by atoms with Crippen molar-refractivity contribution >= 4 is 11.8 Å². The second kappa shape index (κ2) is 7.12. The van der Waals surface area contributed by atoms with Gasteiger partial charge in [0.1, 0.15) is 0 Å². The van der Waals surface area contributed by atoms with E-state index >= 15 is 0 Å². The van der Waals surface area contributed by atoms with Gasteiger partial charge in [-0.1, -0.05) is 6.92 Å². The second-order valence-electron chi connectivity index (χ2n) is 4.65. The number of nitrogens with zero attached hydrogens (tertiary/aromatic N) is 1. The Bertz CT molecular complexity index is 344. The number of rotatable bonds is 7. The molecule has 2 nitrogen and oxygen atoms in total. The highest BCUT2D eigenvalue weighted by Crippen LogP contribution is 2.15. The number of nitrogens with one attached hydrogen (secondary N) is 1. The van der Waals surface area contributed by atoms with Crippen LogP contribution in [0.1, 0.15) is 37.2 Å². The highest BCUT2D eigenvalue weighted by molar-refractivity contribution is 7.99. The van der Waals surface area contributed by atoms with E-state index in [9.17, 15) is 0 Å². The average molecular weight is 254 g/mol. The molecule has 0 amide bonds. The maximum atomic E-state index is 3.55. The molecule has 17 heavy (non-hydrogen) atoms. The van der Waals surface area contributed by atoms with Crippen LogP contribution in [0.4, 0.5) is 0 Å². The molecule has 1 N–H and O–H groups in total. The van der Waals surface area contributed by atoms with Crippen LogP contribution in [0.15, 0.2) is 6.07 Å². The Morgan fingerprint density at radius 1 is 1.41 bits per heavy atom. The molecule has 3 heteroatoms. The predicted molar refractivity (Wildman–Crippen MR) is 78.9 cm³/mol. The van der Waals surface area contributed by atoms with Gasteiger partial charge in [0.15, 0.2) is 0 Å². The molecule has 0 aliphatic carbocycles. The Morgan fingerprint density at radius 2 is 2.12 bits per heavy atom. The Morgan fingerprint density at radius 3 is 2.65 bits per heavy atom. The van der Waals surface area contributed by atoms with Crippen molar-refractivity contribution in [3.8, 4) is 0 Å². The standard InChI is InChI=1S/C14H26N2S/c1-6-16-11(2)9-14(13(16)4)10-15-8-7-12(3)17-5/h9,12,15H,6-8,10H2,1-5H3. The number of hydrogen-bond acceptors (Lipinski definition) is 2. The van der Waals surface area contributed by atoms with Crippen LogP contribution in [0, 0.1) is 13.8 Å². The minimum Gasteiger partial charge on any atom is -0.349 e. The first-order valence-corrected chi connectivity index (χ1v) is 7.78. The molecule has 1 atom stereocenters. The smallest absolute Gasteiger partial charge is 0.0223 e. The quantitative estimate of drug-likeness (QED) is 0.752. The summed E-state index contributed by atoms with van der Waals surface area (Å²) in [7, 11) is 0. The van der Waals surface area contributed by atoms with Crippen molar-refractivity contribution in [1.29, 1.82) is 0 Å². The van der Waals surface area contributed by atoms with Crippen molar-refractivity contribution in [2.24, 2.45) is 0 Å². The summed E-state index contributed by atoms with van der Waals surface area (Å²) in [5.41, 5.74) is 4.23. The summed E-state index contributed by atoms with van der Waals surface area (Å²) < 4.78 is 2.38. The molecule has 1 heterocycles. The van der Waals surface area contributed by atoms with Crippen LogP contribution in [0.3, 0.4) is 0 Å². The van der Waals surface area contributed by atoms with E-state index in [2.05, 4.69) is 49.9 Å². The van der Waals surface area contributed by atoms with Crippen molar-refractivity contribution in [1.82, 2.24) is 9.88 Å². The van der Waals surface area contributed by atoms with Crippen molar-refractivity contribution in [2.75, 3.05) is 12.8 Å². The molecule has 0 saturated carbocycles. The van der Waals surface area contributed by atoms with Gasteiger partial charge in [-0.2, -0.15) is 11.8 Å². The zero-order valence-electron chi connectivity index (χ0n) is 11.8. The lowest BCUT2D eigenvalue weighted by Gasteiger charge is -2.09. The summed E-state index contributed by atoms with van der Waals surface area (Å²) in [6, 6.07) is 2.31. The molecule has 1 rings (SSSR count). The Hall–Kier alpha value is -0.410. The third-order valence-electron chi connectivity index (χ3n) is 3.44. The van der Waals surface area contributed by atoms with Crippen molar-refractivity contribution < 1.29 is 0 Å². The van der Waals surface area contributed by atoms with E-state index in [4.69, 9.17) is 0 Å². The maximum Gasteiger partial charge on any atom is 0.0223 e. The maximum absolute atomic E-state index is 3.55. The van der Waals surface area contributed by atoms with Crippen molar-refractivity contribution in [2.45, 2.75) is 52.5 Å². The molecule has 0 aliphatic rings. The summed E-state index contributed by atoms with van der Waals surface area (Å²) >= 11 is 1.94. The minimum absolute atomic E-state index is 0.755. The lowest BCUT2D eigenvalue weighted by Crippen LogP contribution is -2.18. The first kappa shape index (κ1) is 14.7. The van der Waals surface area contributed by atoms with Crippen LogP contribution >= 0.6 is 11.8 Å². The number of thioether (sulfide) groups is 1.